The number of likely N-dealkylation sites (tertiary alicyclic amines) is 2. The minimum absolute atomic E-state index is 0.0515. The third-order valence-corrected chi connectivity index (χ3v) is 13.7. The summed E-state index contributed by atoms with van der Waals surface area (Å²) >= 11 is 0. The van der Waals surface area contributed by atoms with Crippen LogP contribution in [0, 0.1) is 17.8 Å². The quantitative estimate of drug-likeness (QED) is 0.116. The topological polar surface area (TPSA) is 195 Å². The molecule has 4 N–H and O–H groups in total. The van der Waals surface area contributed by atoms with E-state index in [9.17, 15) is 24.3 Å². The van der Waals surface area contributed by atoms with Gasteiger partial charge in [-0.15, -0.1) is 0 Å². The van der Waals surface area contributed by atoms with Crippen LogP contribution in [0.3, 0.4) is 0 Å². The third kappa shape index (κ3) is 7.72. The molecule has 2 aromatic heterocycles. The van der Waals surface area contributed by atoms with Crippen molar-refractivity contribution in [2.24, 2.45) is 17.8 Å². The zero-order valence-electron chi connectivity index (χ0n) is 36.6. The van der Waals surface area contributed by atoms with Crippen molar-refractivity contribution in [3.8, 4) is 28.1 Å². The number of methoxy groups -OCH3 is 1. The van der Waals surface area contributed by atoms with E-state index in [4.69, 9.17) is 24.2 Å². The lowest BCUT2D eigenvalue weighted by Gasteiger charge is -2.36. The molecule has 3 saturated heterocycles. The molecule has 16 heteroatoms. The van der Waals surface area contributed by atoms with Gasteiger partial charge in [-0.3, -0.25) is 14.5 Å². The molecule has 6 heterocycles. The highest BCUT2D eigenvalue weighted by molar-refractivity contribution is 6.07. The van der Waals surface area contributed by atoms with Crippen LogP contribution in [0.5, 0.6) is 5.75 Å². The minimum atomic E-state index is -1.13. The van der Waals surface area contributed by atoms with Crippen molar-refractivity contribution in [1.29, 1.82) is 0 Å². The van der Waals surface area contributed by atoms with Crippen molar-refractivity contribution in [2.45, 2.75) is 96.6 Å². The molecule has 9 rings (SSSR count). The molecule has 4 amide bonds. The molecule has 0 radical (unpaired) electrons. The average molecular weight is 861 g/mol. The van der Waals surface area contributed by atoms with Gasteiger partial charge in [0.15, 0.2) is 0 Å². The number of amides is 4. The number of H-pyrrole nitrogens is 2. The number of alkyl carbamates (subject to hydrolysis) is 1. The summed E-state index contributed by atoms with van der Waals surface area (Å²) in [5, 5.41) is 14.5. The third-order valence-electron chi connectivity index (χ3n) is 13.7. The molecule has 0 unspecified atom stereocenters. The van der Waals surface area contributed by atoms with Gasteiger partial charge < -0.3 is 44.4 Å². The van der Waals surface area contributed by atoms with Crippen LogP contribution in [0.2, 0.25) is 0 Å². The molecule has 4 aliphatic rings. The number of aromatic nitrogens is 4. The maximum atomic E-state index is 14.2. The van der Waals surface area contributed by atoms with Crippen molar-refractivity contribution in [1.82, 2.24) is 40.0 Å². The molecule has 0 bridgehead atoms. The van der Waals surface area contributed by atoms with Crippen LogP contribution in [0.15, 0.2) is 48.7 Å². The standard InChI is InChI=1S/C47H56N8O8/c1-24(2)41(53(5)47(59)60)45(57)55-26(4)7-12-36(55)43-49-34-11-9-28-19-33-31-10-8-29(18-30(31)23-63-38(33)20-32(28)40(34)51-43)35-21-48-42(50-35)37-17-25(3)22-54(37)44(56)39(52-46(58)61-6)27-13-15-62-16-14-27/h8-11,18-21,24-27,36-37,39,41H,7,12-17,22-23H2,1-6H3,(H,48,50)(H,49,51)(H,52,58)(H,59,60)/t25-,26-,36-,37-,39-,41-/m0/s1. The molecule has 6 atom stereocenters. The Balaban J connectivity index is 0.965. The molecule has 63 heavy (non-hydrogen) atoms. The summed E-state index contributed by atoms with van der Waals surface area (Å²) in [6, 6.07) is 12.4. The Morgan fingerprint density at radius 2 is 1.75 bits per heavy atom. The maximum absolute atomic E-state index is 14.2. The normalized spacial score (nSPS) is 22.1. The van der Waals surface area contributed by atoms with Gasteiger partial charge in [0.2, 0.25) is 11.8 Å². The van der Waals surface area contributed by atoms with Crippen molar-refractivity contribution in [3.63, 3.8) is 0 Å². The summed E-state index contributed by atoms with van der Waals surface area (Å²) in [6.45, 7) is 9.90. The first kappa shape index (κ1) is 42.2. The second-order valence-corrected chi connectivity index (χ2v) is 18.2. The number of rotatable bonds is 9. The lowest BCUT2D eigenvalue weighted by Crippen LogP contribution is -2.53. The zero-order chi connectivity index (χ0) is 44.3. The predicted octanol–water partition coefficient (Wildman–Crippen LogP) is 7.41. The van der Waals surface area contributed by atoms with Gasteiger partial charge in [-0.05, 0) is 103 Å². The smallest absolute Gasteiger partial charge is 0.407 e. The minimum Gasteiger partial charge on any atom is -0.488 e. The average Bonchev–Trinajstić information content (AvgIpc) is 4.10. The first-order chi connectivity index (χ1) is 30.3. The first-order valence-electron chi connectivity index (χ1n) is 22.1. The van der Waals surface area contributed by atoms with E-state index in [1.54, 1.807) is 0 Å². The number of hydrogen-bond acceptors (Lipinski definition) is 9. The first-order valence-corrected chi connectivity index (χ1v) is 22.1. The second kappa shape index (κ2) is 16.8. The van der Waals surface area contributed by atoms with Gasteiger partial charge in [-0.2, -0.15) is 0 Å². The number of aromatic amines is 2. The largest absolute Gasteiger partial charge is 0.488 e. The number of ether oxygens (including phenoxy) is 3. The summed E-state index contributed by atoms with van der Waals surface area (Å²) in [4.78, 5) is 74.3. The van der Waals surface area contributed by atoms with Crippen molar-refractivity contribution in [3.05, 3.63) is 65.9 Å². The summed E-state index contributed by atoms with van der Waals surface area (Å²) < 4.78 is 16.9. The van der Waals surface area contributed by atoms with Crippen LogP contribution in [-0.4, -0.2) is 116 Å². The van der Waals surface area contributed by atoms with E-state index in [2.05, 4.69) is 58.6 Å². The molecule has 3 aromatic carbocycles. The van der Waals surface area contributed by atoms with Gasteiger partial charge in [0.05, 0.1) is 42.1 Å². The second-order valence-electron chi connectivity index (χ2n) is 18.2. The van der Waals surface area contributed by atoms with Crippen molar-refractivity contribution in [2.75, 3.05) is 33.9 Å². The van der Waals surface area contributed by atoms with E-state index in [1.165, 1.54) is 14.2 Å². The van der Waals surface area contributed by atoms with E-state index in [-0.39, 0.29) is 47.7 Å². The van der Waals surface area contributed by atoms with Crippen LogP contribution < -0.4 is 10.1 Å². The van der Waals surface area contributed by atoms with E-state index in [0.29, 0.717) is 50.9 Å². The van der Waals surface area contributed by atoms with Crippen LogP contribution in [0.25, 0.3) is 44.2 Å². The lowest BCUT2D eigenvalue weighted by atomic mass is 9.90. The Morgan fingerprint density at radius 3 is 2.49 bits per heavy atom. The number of nitrogens with one attached hydrogen (secondary N) is 3. The fourth-order valence-corrected chi connectivity index (χ4v) is 10.4. The Labute approximate surface area is 365 Å². The summed E-state index contributed by atoms with van der Waals surface area (Å²) in [6.07, 6.45) is 3.67. The maximum Gasteiger partial charge on any atom is 0.407 e. The molecule has 0 saturated carbocycles. The van der Waals surface area contributed by atoms with Gasteiger partial charge in [-0.25, -0.2) is 19.6 Å². The number of likely N-dealkylation sites (N-methyl/N-ethyl adjacent to an activating group) is 1. The molecule has 0 aliphatic carbocycles. The van der Waals surface area contributed by atoms with Crippen LogP contribution in [-0.2, 0) is 25.7 Å². The highest BCUT2D eigenvalue weighted by Gasteiger charge is 2.44. The van der Waals surface area contributed by atoms with Crippen molar-refractivity contribution < 1.29 is 38.5 Å². The van der Waals surface area contributed by atoms with Crippen molar-refractivity contribution >= 4 is 45.8 Å². The van der Waals surface area contributed by atoms with Gasteiger partial charge in [-0.1, -0.05) is 39.0 Å². The summed E-state index contributed by atoms with van der Waals surface area (Å²) in [5.41, 5.74) is 6.51. The Hall–Kier alpha value is -6.16. The van der Waals surface area contributed by atoms with Gasteiger partial charge >= 0.3 is 12.2 Å². The van der Waals surface area contributed by atoms with E-state index in [1.807, 2.05) is 42.8 Å². The highest BCUT2D eigenvalue weighted by atomic mass is 16.5. The number of imidazole rings is 2. The number of carbonyl (C=O) groups excluding carboxylic acids is 3. The Bertz CT molecular complexity index is 2580. The molecule has 332 valence electrons. The zero-order valence-corrected chi connectivity index (χ0v) is 36.6. The van der Waals surface area contributed by atoms with Crippen LogP contribution in [0.4, 0.5) is 9.59 Å². The van der Waals surface area contributed by atoms with E-state index < -0.39 is 24.3 Å². The highest BCUT2D eigenvalue weighted by Crippen LogP contribution is 2.44. The number of benzene rings is 3. The van der Waals surface area contributed by atoms with Gasteiger partial charge in [0, 0.05) is 43.8 Å². The van der Waals surface area contributed by atoms with E-state index >= 15 is 0 Å². The fourth-order valence-electron chi connectivity index (χ4n) is 10.4. The molecular formula is C47H56N8O8. The number of fused-ring (bicyclic) bond motifs is 6. The number of hydrogen-bond donors (Lipinski definition) is 4. The van der Waals surface area contributed by atoms with Gasteiger partial charge in [0.1, 0.15) is 36.1 Å². The molecular weight excluding hydrogens is 805 g/mol. The molecule has 3 fully saturated rings. The van der Waals surface area contributed by atoms with Gasteiger partial charge in [0.25, 0.3) is 0 Å². The number of carboxylic acid groups (broad SMARTS) is 1. The molecule has 5 aromatic rings. The summed E-state index contributed by atoms with van der Waals surface area (Å²) in [7, 11) is 2.76. The van der Waals surface area contributed by atoms with Crippen LogP contribution >= 0.6 is 0 Å². The SMILES string of the molecule is COC(=O)N[C@H](C(=O)N1C[C@@H](C)C[C@H]1c1ncc(-c2ccc3c(c2)COc2cc4c(ccc5[nH]c([C@@H]6CC[C@H](C)N6C(=O)[C@H](C(C)C)N(C)C(=O)O)nc54)cc2-3)[nH]1)C1CCOCC1. The molecule has 0 spiro atoms. The lowest BCUT2D eigenvalue weighted by molar-refractivity contribution is -0.140. The molecule has 16 nitrogen and oxygen atoms in total. The Morgan fingerprint density at radius 1 is 0.952 bits per heavy atom. The number of nitrogens with zero attached hydrogens (tertiary/aromatic N) is 5. The Kier molecular flexibility index (Phi) is 11.3. The summed E-state index contributed by atoms with van der Waals surface area (Å²) in [5.74, 6) is 1.80. The monoisotopic (exact) mass is 860 g/mol. The number of carbonyl (C=O) groups is 4. The van der Waals surface area contributed by atoms with Crippen LogP contribution in [0.1, 0.15) is 89.1 Å². The fraction of sp³-hybridized carbons (Fsp3) is 0.489. The molecule has 4 aliphatic heterocycles. The van der Waals surface area contributed by atoms with E-state index in [0.717, 1.165) is 79.7 Å². The predicted molar refractivity (Wildman–Crippen MR) is 235 cm³/mol.